The third kappa shape index (κ3) is 7.92. The van der Waals surface area contributed by atoms with E-state index in [0.29, 0.717) is 0 Å². The highest BCUT2D eigenvalue weighted by atomic mass is 14.7. The second-order valence-electron chi connectivity index (χ2n) is 6.17. The van der Waals surface area contributed by atoms with E-state index in [1.807, 2.05) is 31.6 Å². The first kappa shape index (κ1) is 19.3. The van der Waals surface area contributed by atoms with Crippen molar-refractivity contribution < 1.29 is 0 Å². The number of pyridine rings is 2. The lowest BCUT2D eigenvalue weighted by Crippen LogP contribution is -1.99. The second kappa shape index (κ2) is 11.8. The van der Waals surface area contributed by atoms with Crippen molar-refractivity contribution in [1.82, 2.24) is 9.97 Å². The summed E-state index contributed by atoms with van der Waals surface area (Å²) < 4.78 is 0. The summed E-state index contributed by atoms with van der Waals surface area (Å²) in [4.78, 5) is 8.17. The van der Waals surface area contributed by atoms with Crippen LogP contribution in [0.15, 0.2) is 42.9 Å². The first-order chi connectivity index (χ1) is 11.2. The standard InChI is InChI=1S/C14H23N.C7H9N/c1-3-5-7-13(8-6-4-2)14-9-11-15-12-10-14;1-6-4-3-5-8-7(6)2/h9-13H,3-8H2,1-2H3;3-5H,1-2H3. The first-order valence-corrected chi connectivity index (χ1v) is 8.97. The Balaban J connectivity index is 0.000000277. The van der Waals surface area contributed by atoms with Crippen LogP contribution in [0.4, 0.5) is 0 Å². The van der Waals surface area contributed by atoms with E-state index in [2.05, 4.69) is 48.9 Å². The van der Waals surface area contributed by atoms with Crippen LogP contribution in [0.3, 0.4) is 0 Å². The van der Waals surface area contributed by atoms with Crippen molar-refractivity contribution in [2.24, 2.45) is 0 Å². The molecule has 0 N–H and O–H groups in total. The molecule has 0 bridgehead atoms. The van der Waals surface area contributed by atoms with E-state index < -0.39 is 0 Å². The van der Waals surface area contributed by atoms with Gasteiger partial charge in [-0.05, 0) is 61.9 Å². The lowest BCUT2D eigenvalue weighted by Gasteiger charge is -2.16. The van der Waals surface area contributed by atoms with E-state index in [1.54, 1.807) is 0 Å². The van der Waals surface area contributed by atoms with Crippen molar-refractivity contribution in [2.75, 3.05) is 0 Å². The molecule has 126 valence electrons. The topological polar surface area (TPSA) is 25.8 Å². The number of hydrogen-bond acceptors (Lipinski definition) is 2. The van der Waals surface area contributed by atoms with E-state index >= 15 is 0 Å². The number of nitrogens with zero attached hydrogens (tertiary/aromatic N) is 2. The molecule has 2 aromatic heterocycles. The summed E-state index contributed by atoms with van der Waals surface area (Å²) in [5.74, 6) is 0.757. The van der Waals surface area contributed by atoms with Crippen LogP contribution in [0.1, 0.15) is 75.1 Å². The molecule has 0 unspecified atom stereocenters. The predicted molar refractivity (Wildman–Crippen MR) is 99.7 cm³/mol. The van der Waals surface area contributed by atoms with Crippen LogP contribution >= 0.6 is 0 Å². The van der Waals surface area contributed by atoms with E-state index in [0.717, 1.165) is 11.6 Å². The van der Waals surface area contributed by atoms with E-state index in [1.165, 1.54) is 49.7 Å². The van der Waals surface area contributed by atoms with Gasteiger partial charge in [0, 0.05) is 24.3 Å². The molecule has 2 heterocycles. The van der Waals surface area contributed by atoms with Crippen LogP contribution in [-0.4, -0.2) is 9.97 Å². The Labute approximate surface area is 142 Å². The van der Waals surface area contributed by atoms with Crippen LogP contribution in [0.5, 0.6) is 0 Å². The Kier molecular flexibility index (Phi) is 9.94. The monoisotopic (exact) mass is 312 g/mol. The lowest BCUT2D eigenvalue weighted by atomic mass is 9.90. The molecule has 0 saturated heterocycles. The van der Waals surface area contributed by atoms with Crippen molar-refractivity contribution in [3.05, 3.63) is 59.7 Å². The summed E-state index contributed by atoms with van der Waals surface area (Å²) in [6, 6.07) is 8.36. The third-order valence-electron chi connectivity index (χ3n) is 4.26. The highest BCUT2D eigenvalue weighted by Crippen LogP contribution is 2.26. The number of rotatable bonds is 7. The van der Waals surface area contributed by atoms with Gasteiger partial charge in [-0.15, -0.1) is 0 Å². The Morgan fingerprint density at radius 3 is 1.91 bits per heavy atom. The lowest BCUT2D eigenvalue weighted by molar-refractivity contribution is 0.524. The van der Waals surface area contributed by atoms with Gasteiger partial charge in [-0.1, -0.05) is 45.6 Å². The molecule has 0 aliphatic carbocycles. The van der Waals surface area contributed by atoms with Gasteiger partial charge in [0.2, 0.25) is 0 Å². The average molecular weight is 313 g/mol. The van der Waals surface area contributed by atoms with Gasteiger partial charge in [-0.25, -0.2) is 0 Å². The minimum absolute atomic E-state index is 0.757. The summed E-state index contributed by atoms with van der Waals surface area (Å²) in [5.41, 5.74) is 3.85. The molecule has 0 aromatic carbocycles. The van der Waals surface area contributed by atoms with Gasteiger partial charge in [-0.2, -0.15) is 0 Å². The van der Waals surface area contributed by atoms with Gasteiger partial charge >= 0.3 is 0 Å². The minimum atomic E-state index is 0.757. The molecule has 2 nitrogen and oxygen atoms in total. The smallest absolute Gasteiger partial charge is 0.0401 e. The van der Waals surface area contributed by atoms with Crippen molar-refractivity contribution >= 4 is 0 Å². The van der Waals surface area contributed by atoms with E-state index in [-0.39, 0.29) is 0 Å². The Bertz CT molecular complexity index is 493. The van der Waals surface area contributed by atoms with Crippen LogP contribution in [0.25, 0.3) is 0 Å². The maximum Gasteiger partial charge on any atom is 0.0401 e. The number of aryl methyl sites for hydroxylation is 2. The SMILES string of the molecule is CCCCC(CCCC)c1ccncc1.Cc1cccnc1C. The second-order valence-corrected chi connectivity index (χ2v) is 6.17. The summed E-state index contributed by atoms with van der Waals surface area (Å²) in [6.45, 7) is 8.60. The zero-order chi connectivity index (χ0) is 16.9. The first-order valence-electron chi connectivity index (χ1n) is 8.97. The van der Waals surface area contributed by atoms with Gasteiger partial charge in [-0.3, -0.25) is 9.97 Å². The fourth-order valence-corrected chi connectivity index (χ4v) is 2.58. The van der Waals surface area contributed by atoms with E-state index in [4.69, 9.17) is 0 Å². The van der Waals surface area contributed by atoms with Crippen molar-refractivity contribution in [2.45, 2.75) is 72.1 Å². The molecule has 0 amide bonds. The molecule has 2 aromatic rings. The number of hydrogen-bond donors (Lipinski definition) is 0. The summed E-state index contributed by atoms with van der Waals surface area (Å²) in [6.07, 6.45) is 13.6. The normalized spacial score (nSPS) is 10.3. The Hall–Kier alpha value is -1.70. The van der Waals surface area contributed by atoms with Crippen LogP contribution in [-0.2, 0) is 0 Å². The summed E-state index contributed by atoms with van der Waals surface area (Å²) in [5, 5.41) is 0. The fraction of sp³-hybridized carbons (Fsp3) is 0.524. The molecule has 2 rings (SSSR count). The fourth-order valence-electron chi connectivity index (χ4n) is 2.58. The average Bonchev–Trinajstić information content (AvgIpc) is 2.59. The highest BCUT2D eigenvalue weighted by molar-refractivity contribution is 5.16. The maximum atomic E-state index is 4.09. The van der Waals surface area contributed by atoms with Gasteiger partial charge < -0.3 is 0 Å². The quantitative estimate of drug-likeness (QED) is 0.604. The van der Waals surface area contributed by atoms with E-state index in [9.17, 15) is 0 Å². The molecule has 0 aliphatic rings. The molecule has 0 fully saturated rings. The summed E-state index contributed by atoms with van der Waals surface area (Å²) in [7, 11) is 0. The number of unbranched alkanes of at least 4 members (excludes halogenated alkanes) is 2. The largest absolute Gasteiger partial charge is 0.265 e. The van der Waals surface area contributed by atoms with Crippen LogP contribution < -0.4 is 0 Å². The third-order valence-corrected chi connectivity index (χ3v) is 4.26. The maximum absolute atomic E-state index is 4.09. The van der Waals surface area contributed by atoms with Crippen molar-refractivity contribution in [1.29, 1.82) is 0 Å². The van der Waals surface area contributed by atoms with Gasteiger partial charge in [0.05, 0.1) is 0 Å². The molecule has 23 heavy (non-hydrogen) atoms. The molecule has 0 spiro atoms. The predicted octanol–water partition coefficient (Wildman–Crippen LogP) is 6.24. The van der Waals surface area contributed by atoms with Gasteiger partial charge in [0.25, 0.3) is 0 Å². The van der Waals surface area contributed by atoms with Crippen molar-refractivity contribution in [3.8, 4) is 0 Å². The molecule has 0 atom stereocenters. The van der Waals surface area contributed by atoms with Crippen LogP contribution in [0.2, 0.25) is 0 Å². The zero-order valence-corrected chi connectivity index (χ0v) is 15.3. The Morgan fingerprint density at radius 2 is 1.48 bits per heavy atom. The van der Waals surface area contributed by atoms with Gasteiger partial charge in [0.1, 0.15) is 0 Å². The Morgan fingerprint density at radius 1 is 0.870 bits per heavy atom. The highest BCUT2D eigenvalue weighted by Gasteiger charge is 2.09. The van der Waals surface area contributed by atoms with Gasteiger partial charge in [0.15, 0.2) is 0 Å². The summed E-state index contributed by atoms with van der Waals surface area (Å²) >= 11 is 0. The minimum Gasteiger partial charge on any atom is -0.265 e. The zero-order valence-electron chi connectivity index (χ0n) is 15.3. The molecule has 0 radical (unpaired) electrons. The number of aromatic nitrogens is 2. The van der Waals surface area contributed by atoms with Crippen molar-refractivity contribution in [3.63, 3.8) is 0 Å². The van der Waals surface area contributed by atoms with Crippen LogP contribution in [0, 0.1) is 13.8 Å². The molecular weight excluding hydrogens is 280 g/mol. The molecule has 0 aliphatic heterocycles. The molecular formula is C21H32N2. The molecule has 0 saturated carbocycles. The molecule has 2 heteroatoms.